The molecule has 1 heterocycles. The molecule has 0 bridgehead atoms. The molecule has 0 spiro atoms. The molecule has 1 N–H and O–H groups in total. The molecular formula is C19H17ClN2O4S. The first-order valence-corrected chi connectivity index (χ1v) is 9.85. The van der Waals surface area contributed by atoms with E-state index in [1.54, 1.807) is 42.6 Å². The van der Waals surface area contributed by atoms with Crippen molar-refractivity contribution in [2.24, 2.45) is 0 Å². The number of ether oxygens (including phenoxy) is 2. The summed E-state index contributed by atoms with van der Waals surface area (Å²) in [5, 5.41) is 0.228. The zero-order valence-electron chi connectivity index (χ0n) is 14.4. The molecule has 0 fully saturated rings. The number of benzene rings is 2. The monoisotopic (exact) mass is 404 g/mol. The summed E-state index contributed by atoms with van der Waals surface area (Å²) >= 11 is 6.01. The van der Waals surface area contributed by atoms with Gasteiger partial charge in [0, 0.05) is 18.8 Å². The third-order valence-electron chi connectivity index (χ3n) is 3.66. The van der Waals surface area contributed by atoms with Gasteiger partial charge in [-0.05, 0) is 42.0 Å². The fourth-order valence-electron chi connectivity index (χ4n) is 2.32. The van der Waals surface area contributed by atoms with Crippen LogP contribution in [0, 0.1) is 0 Å². The first-order chi connectivity index (χ1) is 13.0. The van der Waals surface area contributed by atoms with Crippen molar-refractivity contribution in [1.29, 1.82) is 0 Å². The lowest BCUT2D eigenvalue weighted by Crippen LogP contribution is -2.23. The second-order valence-electron chi connectivity index (χ2n) is 5.54. The summed E-state index contributed by atoms with van der Waals surface area (Å²) < 4.78 is 38.2. The number of sulfonamides is 1. The van der Waals surface area contributed by atoms with E-state index >= 15 is 0 Å². The summed E-state index contributed by atoms with van der Waals surface area (Å²) in [6, 6.07) is 16.8. The van der Waals surface area contributed by atoms with Crippen LogP contribution in [0.15, 0.2) is 71.8 Å². The van der Waals surface area contributed by atoms with E-state index in [9.17, 15) is 8.42 Å². The second-order valence-corrected chi connectivity index (χ2v) is 7.71. The summed E-state index contributed by atoms with van der Waals surface area (Å²) in [5.41, 5.74) is 0.742. The number of nitrogens with one attached hydrogen (secondary N) is 1. The summed E-state index contributed by atoms with van der Waals surface area (Å²) in [7, 11) is -2.25. The number of aromatic nitrogens is 1. The van der Waals surface area contributed by atoms with E-state index in [-0.39, 0.29) is 16.5 Å². The maximum atomic E-state index is 12.5. The van der Waals surface area contributed by atoms with Crippen LogP contribution in [0.3, 0.4) is 0 Å². The Hall–Kier alpha value is -2.61. The van der Waals surface area contributed by atoms with Crippen LogP contribution in [-0.2, 0) is 16.6 Å². The van der Waals surface area contributed by atoms with Crippen LogP contribution in [0.1, 0.15) is 5.56 Å². The Morgan fingerprint density at radius 3 is 2.63 bits per heavy atom. The summed E-state index contributed by atoms with van der Waals surface area (Å²) in [5.74, 6) is 1.44. The highest BCUT2D eigenvalue weighted by atomic mass is 35.5. The van der Waals surface area contributed by atoms with E-state index < -0.39 is 10.0 Å². The Bertz CT molecular complexity index is 1030. The van der Waals surface area contributed by atoms with Crippen LogP contribution in [-0.4, -0.2) is 20.5 Å². The standard InChI is InChI=1S/C19H17ClN2O4S/c1-25-18-9-8-16(12-17(18)20)27(23,24)22-13-14-5-4-6-15(11-14)26-19-7-2-3-10-21-19/h2-12,22H,13H2,1H3. The van der Waals surface area contributed by atoms with Gasteiger partial charge in [0.1, 0.15) is 11.5 Å². The molecule has 3 rings (SSSR count). The van der Waals surface area contributed by atoms with Gasteiger partial charge in [-0.15, -0.1) is 0 Å². The second kappa shape index (κ2) is 8.39. The van der Waals surface area contributed by atoms with Gasteiger partial charge in [0.05, 0.1) is 17.0 Å². The Balaban J connectivity index is 1.70. The van der Waals surface area contributed by atoms with Crippen LogP contribution < -0.4 is 14.2 Å². The SMILES string of the molecule is COc1ccc(S(=O)(=O)NCc2cccc(Oc3ccccn3)c2)cc1Cl. The quantitative estimate of drug-likeness (QED) is 0.643. The maximum absolute atomic E-state index is 12.5. The first kappa shape index (κ1) is 19.2. The van der Waals surface area contributed by atoms with E-state index in [0.29, 0.717) is 17.4 Å². The van der Waals surface area contributed by atoms with Gasteiger partial charge in [0.15, 0.2) is 0 Å². The average molecular weight is 405 g/mol. The van der Waals surface area contributed by atoms with Gasteiger partial charge in [-0.1, -0.05) is 29.8 Å². The van der Waals surface area contributed by atoms with Crippen molar-refractivity contribution in [3.63, 3.8) is 0 Å². The molecule has 0 amide bonds. The molecule has 0 aliphatic carbocycles. The lowest BCUT2D eigenvalue weighted by Gasteiger charge is -2.10. The van der Waals surface area contributed by atoms with E-state index in [1.807, 2.05) is 6.07 Å². The van der Waals surface area contributed by atoms with Crippen LogP contribution in [0.2, 0.25) is 5.02 Å². The van der Waals surface area contributed by atoms with Gasteiger partial charge >= 0.3 is 0 Å². The normalized spacial score (nSPS) is 11.2. The lowest BCUT2D eigenvalue weighted by atomic mass is 10.2. The zero-order valence-corrected chi connectivity index (χ0v) is 16.0. The molecule has 140 valence electrons. The third-order valence-corrected chi connectivity index (χ3v) is 5.35. The van der Waals surface area contributed by atoms with Crippen molar-refractivity contribution in [3.8, 4) is 17.4 Å². The molecule has 1 aromatic heterocycles. The fraction of sp³-hybridized carbons (Fsp3) is 0.105. The highest BCUT2D eigenvalue weighted by Crippen LogP contribution is 2.27. The van der Waals surface area contributed by atoms with Crippen LogP contribution >= 0.6 is 11.6 Å². The minimum atomic E-state index is -3.72. The zero-order chi connectivity index (χ0) is 19.3. The molecule has 0 unspecified atom stereocenters. The molecule has 27 heavy (non-hydrogen) atoms. The maximum Gasteiger partial charge on any atom is 0.240 e. The summed E-state index contributed by atoms with van der Waals surface area (Å²) in [6.45, 7) is 0.103. The van der Waals surface area contributed by atoms with E-state index in [2.05, 4.69) is 9.71 Å². The Labute approximate surface area is 162 Å². The minimum absolute atomic E-state index is 0.0641. The van der Waals surface area contributed by atoms with Crippen LogP contribution in [0.5, 0.6) is 17.4 Å². The summed E-state index contributed by atoms with van der Waals surface area (Å²) in [6.07, 6.45) is 1.63. The van der Waals surface area contributed by atoms with Crippen molar-refractivity contribution < 1.29 is 17.9 Å². The van der Waals surface area contributed by atoms with Gasteiger partial charge in [-0.25, -0.2) is 18.1 Å². The Morgan fingerprint density at radius 2 is 1.93 bits per heavy atom. The average Bonchev–Trinajstić information content (AvgIpc) is 2.67. The molecule has 0 atom stereocenters. The molecule has 0 aliphatic rings. The van der Waals surface area contributed by atoms with Gasteiger partial charge in [-0.2, -0.15) is 0 Å². The fourth-order valence-corrected chi connectivity index (χ4v) is 3.69. The number of hydrogen-bond donors (Lipinski definition) is 1. The van der Waals surface area contributed by atoms with Crippen molar-refractivity contribution in [2.75, 3.05) is 7.11 Å². The number of pyridine rings is 1. The topological polar surface area (TPSA) is 77.5 Å². The van der Waals surface area contributed by atoms with Gasteiger partial charge in [0.25, 0.3) is 0 Å². The first-order valence-electron chi connectivity index (χ1n) is 7.99. The van der Waals surface area contributed by atoms with E-state index in [0.717, 1.165) is 5.56 Å². The van der Waals surface area contributed by atoms with E-state index in [4.69, 9.17) is 21.1 Å². The molecule has 0 saturated carbocycles. The highest BCUT2D eigenvalue weighted by molar-refractivity contribution is 7.89. The number of methoxy groups -OCH3 is 1. The van der Waals surface area contributed by atoms with Crippen molar-refractivity contribution in [3.05, 3.63) is 77.4 Å². The molecule has 8 heteroatoms. The van der Waals surface area contributed by atoms with Crippen molar-refractivity contribution in [2.45, 2.75) is 11.4 Å². The van der Waals surface area contributed by atoms with E-state index in [1.165, 1.54) is 25.3 Å². The molecule has 0 radical (unpaired) electrons. The van der Waals surface area contributed by atoms with Crippen molar-refractivity contribution >= 4 is 21.6 Å². The molecular weight excluding hydrogens is 388 g/mol. The lowest BCUT2D eigenvalue weighted by molar-refractivity contribution is 0.414. The molecule has 3 aromatic rings. The minimum Gasteiger partial charge on any atom is -0.495 e. The molecule has 2 aromatic carbocycles. The van der Waals surface area contributed by atoms with Crippen LogP contribution in [0.4, 0.5) is 0 Å². The molecule has 0 saturated heterocycles. The van der Waals surface area contributed by atoms with Crippen LogP contribution in [0.25, 0.3) is 0 Å². The number of hydrogen-bond acceptors (Lipinski definition) is 5. The highest BCUT2D eigenvalue weighted by Gasteiger charge is 2.16. The number of halogens is 1. The predicted molar refractivity (Wildman–Crippen MR) is 103 cm³/mol. The molecule has 6 nitrogen and oxygen atoms in total. The van der Waals surface area contributed by atoms with Gasteiger partial charge in [-0.3, -0.25) is 0 Å². The number of nitrogens with zero attached hydrogens (tertiary/aromatic N) is 1. The van der Waals surface area contributed by atoms with Gasteiger partial charge < -0.3 is 9.47 Å². The Kier molecular flexibility index (Phi) is 5.95. The Morgan fingerprint density at radius 1 is 1.07 bits per heavy atom. The third kappa shape index (κ3) is 4.97. The number of rotatable bonds is 7. The smallest absolute Gasteiger partial charge is 0.240 e. The summed E-state index contributed by atoms with van der Waals surface area (Å²) in [4.78, 5) is 4.16. The largest absolute Gasteiger partial charge is 0.495 e. The van der Waals surface area contributed by atoms with Crippen molar-refractivity contribution in [1.82, 2.24) is 9.71 Å². The van der Waals surface area contributed by atoms with Gasteiger partial charge in [0.2, 0.25) is 15.9 Å². The predicted octanol–water partition coefficient (Wildman–Crippen LogP) is 4.01. The molecule has 0 aliphatic heterocycles.